The lowest BCUT2D eigenvalue weighted by atomic mass is 10.0. The van der Waals surface area contributed by atoms with Crippen LogP contribution in [0.3, 0.4) is 0 Å². The molecule has 1 aromatic heterocycles. The van der Waals surface area contributed by atoms with E-state index in [0.29, 0.717) is 30.7 Å². The largest absolute Gasteiger partial charge is 0.416 e. The van der Waals surface area contributed by atoms with Crippen LogP contribution < -0.4 is 5.32 Å². The molecule has 0 amide bonds. The molecule has 1 aliphatic rings. The Morgan fingerprint density at radius 2 is 1.87 bits per heavy atom. The summed E-state index contributed by atoms with van der Waals surface area (Å²) in [5.41, 5.74) is 4.70. The second-order valence-corrected chi connectivity index (χ2v) is 7.24. The van der Waals surface area contributed by atoms with Gasteiger partial charge in [-0.05, 0) is 43.2 Å². The summed E-state index contributed by atoms with van der Waals surface area (Å²) in [6.07, 6.45) is -2.77. The van der Waals surface area contributed by atoms with E-state index in [9.17, 15) is 18.0 Å². The van der Waals surface area contributed by atoms with E-state index in [2.05, 4.69) is 20.7 Å². The monoisotopic (exact) mass is 412 g/mol. The Kier molecular flexibility index (Phi) is 5.15. The SMILES string of the molecule is CC1=C(Nc2cccc(-c3nn[nH]c3Cc3ccc(C(F)(F)F)cc3)c2)CCC1=O. The number of alkyl halides is 3. The summed E-state index contributed by atoms with van der Waals surface area (Å²) in [5, 5.41) is 14.2. The molecule has 0 saturated carbocycles. The maximum Gasteiger partial charge on any atom is 0.416 e. The smallest absolute Gasteiger partial charge is 0.359 e. The number of Topliss-reactive ketones (excluding diaryl/α,β-unsaturated/α-hetero) is 1. The van der Waals surface area contributed by atoms with Crippen molar-refractivity contribution in [1.29, 1.82) is 0 Å². The molecule has 0 radical (unpaired) electrons. The molecule has 2 N–H and O–H groups in total. The quantitative estimate of drug-likeness (QED) is 0.610. The number of hydrogen-bond acceptors (Lipinski definition) is 4. The molecule has 0 unspecified atom stereocenters. The topological polar surface area (TPSA) is 70.7 Å². The number of H-pyrrole nitrogens is 1. The van der Waals surface area contributed by atoms with Gasteiger partial charge in [-0.15, -0.1) is 5.10 Å². The number of anilines is 1. The Morgan fingerprint density at radius 1 is 1.10 bits per heavy atom. The standard InChI is InChI=1S/C22H19F3N4O/c1-13-18(9-10-20(13)30)26-17-4-2-3-15(12-17)21-19(27-29-28-21)11-14-5-7-16(8-6-14)22(23,24)25/h2-8,12,26H,9-11H2,1H3,(H,27,28,29). The number of nitrogens with one attached hydrogen (secondary N) is 2. The molecule has 1 heterocycles. The fourth-order valence-electron chi connectivity index (χ4n) is 3.48. The minimum atomic E-state index is -4.36. The van der Waals surface area contributed by atoms with Gasteiger partial charge in [0.15, 0.2) is 5.78 Å². The van der Waals surface area contributed by atoms with Crippen LogP contribution in [0.15, 0.2) is 59.8 Å². The number of allylic oxidation sites excluding steroid dienone is 2. The van der Waals surface area contributed by atoms with Crippen molar-refractivity contribution < 1.29 is 18.0 Å². The molecule has 2 aromatic carbocycles. The van der Waals surface area contributed by atoms with Gasteiger partial charge in [0.1, 0.15) is 5.69 Å². The van der Waals surface area contributed by atoms with Crippen LogP contribution in [0.4, 0.5) is 18.9 Å². The Morgan fingerprint density at radius 3 is 2.53 bits per heavy atom. The van der Waals surface area contributed by atoms with E-state index in [1.165, 1.54) is 12.1 Å². The van der Waals surface area contributed by atoms with Crippen LogP contribution in [0.2, 0.25) is 0 Å². The first-order valence-corrected chi connectivity index (χ1v) is 9.48. The minimum Gasteiger partial charge on any atom is -0.359 e. The van der Waals surface area contributed by atoms with Gasteiger partial charge in [-0.25, -0.2) is 0 Å². The fourth-order valence-corrected chi connectivity index (χ4v) is 3.48. The maximum atomic E-state index is 12.8. The summed E-state index contributed by atoms with van der Waals surface area (Å²) in [5.74, 6) is 0.156. The van der Waals surface area contributed by atoms with Crippen molar-refractivity contribution in [2.75, 3.05) is 5.32 Å². The first-order valence-electron chi connectivity index (χ1n) is 9.48. The number of carbonyl (C=O) groups excluding carboxylic acids is 1. The number of carbonyl (C=O) groups is 1. The molecule has 0 fully saturated rings. The number of benzene rings is 2. The molecular formula is C22H19F3N4O. The van der Waals surface area contributed by atoms with Gasteiger partial charge in [-0.3, -0.25) is 9.89 Å². The number of rotatable bonds is 5. The van der Waals surface area contributed by atoms with Gasteiger partial charge in [-0.2, -0.15) is 13.2 Å². The Hall–Kier alpha value is -3.42. The highest BCUT2D eigenvalue weighted by molar-refractivity contribution is 5.98. The summed E-state index contributed by atoms with van der Waals surface area (Å²) >= 11 is 0. The third-order valence-electron chi connectivity index (χ3n) is 5.19. The normalized spacial score (nSPS) is 14.5. The van der Waals surface area contributed by atoms with Crippen LogP contribution in [0.25, 0.3) is 11.3 Å². The number of ketones is 1. The van der Waals surface area contributed by atoms with Crippen LogP contribution in [-0.4, -0.2) is 21.2 Å². The number of nitrogens with zero attached hydrogens (tertiary/aromatic N) is 2. The molecule has 1 aliphatic carbocycles. The predicted octanol–water partition coefficient (Wildman–Crippen LogP) is 5.13. The first-order chi connectivity index (χ1) is 14.3. The summed E-state index contributed by atoms with van der Waals surface area (Å²) in [6, 6.07) is 12.6. The fraction of sp³-hybridized carbons (Fsp3) is 0.227. The molecule has 0 atom stereocenters. The van der Waals surface area contributed by atoms with Crippen molar-refractivity contribution in [2.45, 2.75) is 32.4 Å². The third kappa shape index (κ3) is 4.12. The van der Waals surface area contributed by atoms with Crippen molar-refractivity contribution in [3.8, 4) is 11.3 Å². The highest BCUT2D eigenvalue weighted by Gasteiger charge is 2.30. The van der Waals surface area contributed by atoms with Gasteiger partial charge in [0, 0.05) is 35.4 Å². The molecule has 4 rings (SSSR count). The summed E-state index contributed by atoms with van der Waals surface area (Å²) in [4.78, 5) is 11.7. The van der Waals surface area contributed by atoms with Crippen molar-refractivity contribution in [1.82, 2.24) is 15.4 Å². The molecular weight excluding hydrogens is 393 g/mol. The molecule has 30 heavy (non-hydrogen) atoms. The van der Waals surface area contributed by atoms with Gasteiger partial charge in [0.25, 0.3) is 0 Å². The second-order valence-electron chi connectivity index (χ2n) is 7.24. The van der Waals surface area contributed by atoms with Crippen molar-refractivity contribution in [2.24, 2.45) is 0 Å². The van der Waals surface area contributed by atoms with Crippen LogP contribution in [0, 0.1) is 0 Å². The second kappa shape index (κ2) is 7.78. The highest BCUT2D eigenvalue weighted by atomic mass is 19.4. The number of aromatic nitrogens is 3. The Labute approximate surface area is 171 Å². The zero-order chi connectivity index (χ0) is 21.3. The molecule has 0 saturated heterocycles. The molecule has 0 bridgehead atoms. The Balaban J connectivity index is 1.55. The summed E-state index contributed by atoms with van der Waals surface area (Å²) < 4.78 is 38.3. The number of halogens is 3. The average Bonchev–Trinajstić information content (AvgIpc) is 3.30. The third-order valence-corrected chi connectivity index (χ3v) is 5.19. The zero-order valence-corrected chi connectivity index (χ0v) is 16.2. The van der Waals surface area contributed by atoms with Crippen molar-refractivity contribution in [3.63, 3.8) is 0 Å². The lowest BCUT2D eigenvalue weighted by molar-refractivity contribution is -0.137. The van der Waals surface area contributed by atoms with E-state index in [4.69, 9.17) is 0 Å². The highest BCUT2D eigenvalue weighted by Crippen LogP contribution is 2.31. The van der Waals surface area contributed by atoms with Crippen LogP contribution >= 0.6 is 0 Å². The zero-order valence-electron chi connectivity index (χ0n) is 16.2. The lowest BCUT2D eigenvalue weighted by Gasteiger charge is -2.10. The van der Waals surface area contributed by atoms with Crippen molar-refractivity contribution >= 4 is 11.5 Å². The molecule has 3 aromatic rings. The van der Waals surface area contributed by atoms with Crippen LogP contribution in [0.5, 0.6) is 0 Å². The van der Waals surface area contributed by atoms with Crippen LogP contribution in [-0.2, 0) is 17.4 Å². The molecule has 8 heteroatoms. The van der Waals surface area contributed by atoms with Gasteiger partial charge in [0.2, 0.25) is 0 Å². The van der Waals surface area contributed by atoms with E-state index < -0.39 is 11.7 Å². The van der Waals surface area contributed by atoms with E-state index in [-0.39, 0.29) is 5.78 Å². The molecule has 0 aliphatic heterocycles. The van der Waals surface area contributed by atoms with Gasteiger partial charge in [0.05, 0.1) is 11.3 Å². The van der Waals surface area contributed by atoms with Gasteiger partial charge in [-0.1, -0.05) is 29.5 Å². The number of aromatic amines is 1. The number of hydrogen-bond donors (Lipinski definition) is 2. The average molecular weight is 412 g/mol. The lowest BCUT2D eigenvalue weighted by Crippen LogP contribution is -2.04. The molecule has 154 valence electrons. The van der Waals surface area contributed by atoms with Gasteiger partial charge < -0.3 is 5.32 Å². The minimum absolute atomic E-state index is 0.156. The van der Waals surface area contributed by atoms with E-state index >= 15 is 0 Å². The summed E-state index contributed by atoms with van der Waals surface area (Å²) in [6.45, 7) is 1.82. The molecule has 5 nitrogen and oxygen atoms in total. The Bertz CT molecular complexity index is 1110. The van der Waals surface area contributed by atoms with E-state index in [1.807, 2.05) is 31.2 Å². The van der Waals surface area contributed by atoms with Crippen LogP contribution in [0.1, 0.15) is 36.6 Å². The van der Waals surface area contributed by atoms with E-state index in [0.717, 1.165) is 40.2 Å². The first kappa shape index (κ1) is 19.9. The van der Waals surface area contributed by atoms with Gasteiger partial charge >= 0.3 is 6.18 Å². The summed E-state index contributed by atoms with van der Waals surface area (Å²) in [7, 11) is 0. The molecule has 0 spiro atoms. The van der Waals surface area contributed by atoms with E-state index in [1.54, 1.807) is 0 Å². The van der Waals surface area contributed by atoms with Crippen molar-refractivity contribution in [3.05, 3.63) is 76.6 Å². The maximum absolute atomic E-state index is 12.8. The predicted molar refractivity (Wildman–Crippen MR) is 107 cm³/mol.